The fourth-order valence-electron chi connectivity index (χ4n) is 1.87. The fourth-order valence-corrected chi connectivity index (χ4v) is 1.87. The largest absolute Gasteiger partial charge is 0.300 e. The minimum atomic E-state index is 0.244. The van der Waals surface area contributed by atoms with Gasteiger partial charge in [0.25, 0.3) is 0 Å². The molecule has 0 radical (unpaired) electrons. The standard InChI is InChI=1S/C18H18O/c1-15(19)7-8-17-11-13-18(14-12-17)10-9-16-5-3-2-4-6-16/h2-6,9-14H,7-8H2,1H3/b10-9+. The minimum absolute atomic E-state index is 0.244. The van der Waals surface area contributed by atoms with Gasteiger partial charge in [0.1, 0.15) is 5.78 Å². The van der Waals surface area contributed by atoms with Gasteiger partial charge in [-0.1, -0.05) is 66.7 Å². The van der Waals surface area contributed by atoms with Gasteiger partial charge in [-0.2, -0.15) is 0 Å². The lowest BCUT2D eigenvalue weighted by molar-refractivity contribution is -0.116. The quantitative estimate of drug-likeness (QED) is 0.720. The topological polar surface area (TPSA) is 17.1 Å². The van der Waals surface area contributed by atoms with Crippen molar-refractivity contribution in [1.29, 1.82) is 0 Å². The Morgan fingerprint density at radius 2 is 1.47 bits per heavy atom. The molecule has 0 amide bonds. The molecular formula is C18H18O. The number of carbonyl (C=O) groups excluding carboxylic acids is 1. The summed E-state index contributed by atoms with van der Waals surface area (Å²) in [4.78, 5) is 10.9. The second kappa shape index (κ2) is 6.69. The van der Waals surface area contributed by atoms with Crippen molar-refractivity contribution in [2.24, 2.45) is 0 Å². The number of rotatable bonds is 5. The van der Waals surface area contributed by atoms with Gasteiger partial charge in [-0.15, -0.1) is 0 Å². The van der Waals surface area contributed by atoms with Gasteiger partial charge in [0.15, 0.2) is 0 Å². The Bertz CT molecular complexity index is 550. The van der Waals surface area contributed by atoms with Crippen LogP contribution < -0.4 is 0 Å². The normalized spacial score (nSPS) is 10.8. The second-order valence-corrected chi connectivity index (χ2v) is 4.69. The van der Waals surface area contributed by atoms with Crippen LogP contribution in [0.25, 0.3) is 12.2 Å². The van der Waals surface area contributed by atoms with E-state index >= 15 is 0 Å². The highest BCUT2D eigenvalue weighted by atomic mass is 16.1. The van der Waals surface area contributed by atoms with E-state index in [4.69, 9.17) is 0 Å². The van der Waals surface area contributed by atoms with Crippen LogP contribution in [0.5, 0.6) is 0 Å². The number of ketones is 1. The molecule has 0 bridgehead atoms. The maximum Gasteiger partial charge on any atom is 0.130 e. The first-order valence-electron chi connectivity index (χ1n) is 6.55. The van der Waals surface area contributed by atoms with Gasteiger partial charge in [0.05, 0.1) is 0 Å². The molecule has 0 heterocycles. The summed E-state index contributed by atoms with van der Waals surface area (Å²) in [5.74, 6) is 0.244. The van der Waals surface area contributed by atoms with E-state index in [1.54, 1.807) is 6.92 Å². The van der Waals surface area contributed by atoms with Crippen LogP contribution in [0.3, 0.4) is 0 Å². The molecule has 0 unspecified atom stereocenters. The van der Waals surface area contributed by atoms with Crippen LogP contribution in [0.4, 0.5) is 0 Å². The van der Waals surface area contributed by atoms with Gasteiger partial charge in [0, 0.05) is 6.42 Å². The molecule has 96 valence electrons. The Morgan fingerprint density at radius 1 is 0.895 bits per heavy atom. The smallest absolute Gasteiger partial charge is 0.130 e. The average molecular weight is 250 g/mol. The molecule has 2 rings (SSSR count). The SMILES string of the molecule is CC(=O)CCc1ccc(/C=C/c2ccccc2)cc1. The monoisotopic (exact) mass is 250 g/mol. The lowest BCUT2D eigenvalue weighted by Crippen LogP contribution is -1.93. The molecule has 2 aromatic rings. The molecule has 19 heavy (non-hydrogen) atoms. The van der Waals surface area contributed by atoms with E-state index in [1.165, 1.54) is 16.7 Å². The van der Waals surface area contributed by atoms with Gasteiger partial charge in [-0.05, 0) is 30.0 Å². The highest BCUT2D eigenvalue weighted by Gasteiger charge is 1.96. The molecular weight excluding hydrogens is 232 g/mol. The van der Waals surface area contributed by atoms with Crippen molar-refractivity contribution in [1.82, 2.24) is 0 Å². The van der Waals surface area contributed by atoms with Crippen LogP contribution >= 0.6 is 0 Å². The summed E-state index contributed by atoms with van der Waals surface area (Å²) in [6, 6.07) is 18.6. The molecule has 0 aliphatic rings. The van der Waals surface area contributed by atoms with Crippen molar-refractivity contribution in [3.63, 3.8) is 0 Å². The number of carbonyl (C=O) groups is 1. The maximum absolute atomic E-state index is 10.9. The maximum atomic E-state index is 10.9. The zero-order valence-corrected chi connectivity index (χ0v) is 11.2. The van der Waals surface area contributed by atoms with E-state index in [9.17, 15) is 4.79 Å². The van der Waals surface area contributed by atoms with Crippen LogP contribution in [0.1, 0.15) is 30.0 Å². The van der Waals surface area contributed by atoms with E-state index in [2.05, 4.69) is 48.6 Å². The van der Waals surface area contributed by atoms with Crippen LogP contribution in [0, 0.1) is 0 Å². The van der Waals surface area contributed by atoms with Crippen LogP contribution in [-0.4, -0.2) is 5.78 Å². The number of hydrogen-bond acceptors (Lipinski definition) is 1. The summed E-state index contributed by atoms with van der Waals surface area (Å²) >= 11 is 0. The third kappa shape index (κ3) is 4.55. The van der Waals surface area contributed by atoms with Crippen molar-refractivity contribution in [2.45, 2.75) is 19.8 Å². The Balaban J connectivity index is 1.99. The third-order valence-electron chi connectivity index (χ3n) is 3.01. The Morgan fingerprint density at radius 3 is 2.05 bits per heavy atom. The van der Waals surface area contributed by atoms with Gasteiger partial charge in [-0.3, -0.25) is 0 Å². The van der Waals surface area contributed by atoms with Crippen LogP contribution in [-0.2, 0) is 11.2 Å². The average Bonchev–Trinajstić information content (AvgIpc) is 2.45. The number of aryl methyl sites for hydroxylation is 1. The zero-order chi connectivity index (χ0) is 13.5. The molecule has 0 fully saturated rings. The van der Waals surface area contributed by atoms with Crippen molar-refractivity contribution in [3.05, 3.63) is 71.3 Å². The number of Topliss-reactive ketones (excluding diaryl/α,β-unsaturated/α-hetero) is 1. The third-order valence-corrected chi connectivity index (χ3v) is 3.01. The lowest BCUT2D eigenvalue weighted by atomic mass is 10.1. The number of benzene rings is 2. The molecule has 2 aromatic carbocycles. The molecule has 0 N–H and O–H groups in total. The summed E-state index contributed by atoms with van der Waals surface area (Å²) < 4.78 is 0. The van der Waals surface area contributed by atoms with Crippen LogP contribution in [0.15, 0.2) is 54.6 Å². The number of hydrogen-bond donors (Lipinski definition) is 0. The molecule has 1 heteroatoms. The van der Waals surface area contributed by atoms with Crippen LogP contribution in [0.2, 0.25) is 0 Å². The molecule has 0 aromatic heterocycles. The van der Waals surface area contributed by atoms with Gasteiger partial charge >= 0.3 is 0 Å². The Kier molecular flexibility index (Phi) is 4.68. The fraction of sp³-hybridized carbons (Fsp3) is 0.167. The molecule has 0 spiro atoms. The van der Waals surface area contributed by atoms with Gasteiger partial charge < -0.3 is 4.79 Å². The predicted molar refractivity (Wildman–Crippen MR) is 80.8 cm³/mol. The summed E-state index contributed by atoms with van der Waals surface area (Å²) in [5, 5.41) is 0. The first-order valence-corrected chi connectivity index (χ1v) is 6.55. The van der Waals surface area contributed by atoms with Gasteiger partial charge in [0.2, 0.25) is 0 Å². The van der Waals surface area contributed by atoms with E-state index in [0.717, 1.165) is 6.42 Å². The van der Waals surface area contributed by atoms with E-state index < -0.39 is 0 Å². The van der Waals surface area contributed by atoms with E-state index in [1.807, 2.05) is 18.2 Å². The Hall–Kier alpha value is -2.15. The Labute approximate surface area is 114 Å². The summed E-state index contributed by atoms with van der Waals surface area (Å²) in [5.41, 5.74) is 3.59. The first kappa shape index (κ1) is 13.3. The molecule has 0 saturated carbocycles. The van der Waals surface area contributed by atoms with Crippen molar-refractivity contribution in [2.75, 3.05) is 0 Å². The van der Waals surface area contributed by atoms with Gasteiger partial charge in [-0.25, -0.2) is 0 Å². The minimum Gasteiger partial charge on any atom is -0.300 e. The predicted octanol–water partition coefficient (Wildman–Crippen LogP) is 4.38. The summed E-state index contributed by atoms with van der Waals surface area (Å²) in [7, 11) is 0. The van der Waals surface area contributed by atoms with Crippen molar-refractivity contribution < 1.29 is 4.79 Å². The summed E-state index contributed by atoms with van der Waals surface area (Å²) in [6.45, 7) is 1.64. The molecule has 0 saturated heterocycles. The summed E-state index contributed by atoms with van der Waals surface area (Å²) in [6.07, 6.45) is 5.66. The van der Waals surface area contributed by atoms with Crippen molar-refractivity contribution >= 4 is 17.9 Å². The lowest BCUT2D eigenvalue weighted by Gasteiger charge is -2.00. The molecule has 0 aliphatic heterocycles. The van der Waals surface area contributed by atoms with E-state index in [-0.39, 0.29) is 5.78 Å². The van der Waals surface area contributed by atoms with Crippen molar-refractivity contribution in [3.8, 4) is 0 Å². The second-order valence-electron chi connectivity index (χ2n) is 4.69. The molecule has 0 atom stereocenters. The zero-order valence-electron chi connectivity index (χ0n) is 11.2. The van der Waals surface area contributed by atoms with E-state index in [0.29, 0.717) is 6.42 Å². The first-order chi connectivity index (χ1) is 9.24. The molecule has 0 aliphatic carbocycles. The molecule has 1 nitrogen and oxygen atoms in total. The highest BCUT2D eigenvalue weighted by molar-refractivity contribution is 5.75. The highest BCUT2D eigenvalue weighted by Crippen LogP contribution is 2.11.